The first-order chi connectivity index (χ1) is 12.5. The fourth-order valence-electron chi connectivity index (χ4n) is 2.56. The molecule has 2 N–H and O–H groups in total. The molecule has 0 fully saturated rings. The standard InChI is InChI=1S/C21H22N4O/c1-14-8-9-18(12-16(14)3)23-20-11-10-19(24-25-20)21(26)22-13-17-7-5-4-6-15(17)2/h4-12H,13H2,1-3H3,(H,22,26)(H,23,25). The smallest absolute Gasteiger partial charge is 0.272 e. The lowest BCUT2D eigenvalue weighted by Crippen LogP contribution is -2.24. The summed E-state index contributed by atoms with van der Waals surface area (Å²) in [6.45, 7) is 6.63. The fraction of sp³-hybridized carbons (Fsp3) is 0.190. The van der Waals surface area contributed by atoms with Gasteiger partial charge < -0.3 is 10.6 Å². The van der Waals surface area contributed by atoms with Crippen molar-refractivity contribution in [1.82, 2.24) is 15.5 Å². The summed E-state index contributed by atoms with van der Waals surface area (Å²) in [5.41, 5.74) is 5.91. The van der Waals surface area contributed by atoms with Crippen LogP contribution in [0, 0.1) is 20.8 Å². The van der Waals surface area contributed by atoms with Gasteiger partial charge in [0.15, 0.2) is 11.5 Å². The predicted molar refractivity (Wildman–Crippen MR) is 104 cm³/mol. The highest BCUT2D eigenvalue weighted by atomic mass is 16.1. The summed E-state index contributed by atoms with van der Waals surface area (Å²) in [6.07, 6.45) is 0. The summed E-state index contributed by atoms with van der Waals surface area (Å²) in [5.74, 6) is 0.363. The molecule has 0 saturated heterocycles. The van der Waals surface area contributed by atoms with Crippen LogP contribution in [0.4, 0.5) is 11.5 Å². The Balaban J connectivity index is 1.62. The third kappa shape index (κ3) is 4.25. The van der Waals surface area contributed by atoms with Crippen LogP contribution in [0.5, 0.6) is 0 Å². The Labute approximate surface area is 153 Å². The average Bonchev–Trinajstić information content (AvgIpc) is 2.64. The molecule has 0 saturated carbocycles. The van der Waals surface area contributed by atoms with Gasteiger partial charge >= 0.3 is 0 Å². The van der Waals surface area contributed by atoms with Crippen LogP contribution in [0.15, 0.2) is 54.6 Å². The molecule has 3 rings (SSSR count). The third-order valence-electron chi connectivity index (χ3n) is 4.38. The maximum atomic E-state index is 12.2. The van der Waals surface area contributed by atoms with Crippen molar-refractivity contribution in [3.05, 3.63) is 82.5 Å². The van der Waals surface area contributed by atoms with Crippen molar-refractivity contribution in [2.75, 3.05) is 5.32 Å². The fourth-order valence-corrected chi connectivity index (χ4v) is 2.56. The molecular weight excluding hydrogens is 324 g/mol. The van der Waals surface area contributed by atoms with Gasteiger partial charge in [-0.1, -0.05) is 30.3 Å². The molecule has 1 amide bonds. The van der Waals surface area contributed by atoms with Gasteiger partial charge in [-0.25, -0.2) is 0 Å². The van der Waals surface area contributed by atoms with E-state index in [1.54, 1.807) is 12.1 Å². The van der Waals surface area contributed by atoms with Gasteiger partial charge in [0, 0.05) is 12.2 Å². The molecular formula is C21H22N4O. The topological polar surface area (TPSA) is 66.9 Å². The number of hydrogen-bond acceptors (Lipinski definition) is 4. The van der Waals surface area contributed by atoms with Gasteiger partial charge in [0.1, 0.15) is 0 Å². The molecule has 0 unspecified atom stereocenters. The van der Waals surface area contributed by atoms with E-state index in [9.17, 15) is 4.79 Å². The highest BCUT2D eigenvalue weighted by molar-refractivity contribution is 5.92. The van der Waals surface area contributed by atoms with Crippen molar-refractivity contribution in [2.45, 2.75) is 27.3 Å². The van der Waals surface area contributed by atoms with Crippen LogP contribution in [0.3, 0.4) is 0 Å². The zero-order valence-corrected chi connectivity index (χ0v) is 15.2. The summed E-state index contributed by atoms with van der Waals surface area (Å²) >= 11 is 0. The number of carbonyl (C=O) groups is 1. The van der Waals surface area contributed by atoms with E-state index in [0.29, 0.717) is 18.1 Å². The van der Waals surface area contributed by atoms with E-state index in [1.807, 2.05) is 37.3 Å². The van der Waals surface area contributed by atoms with Crippen molar-refractivity contribution in [3.8, 4) is 0 Å². The van der Waals surface area contributed by atoms with Crippen LogP contribution in [-0.4, -0.2) is 16.1 Å². The van der Waals surface area contributed by atoms with Gasteiger partial charge in [0.25, 0.3) is 5.91 Å². The largest absolute Gasteiger partial charge is 0.347 e. The zero-order valence-electron chi connectivity index (χ0n) is 15.2. The molecule has 26 heavy (non-hydrogen) atoms. The first-order valence-corrected chi connectivity index (χ1v) is 8.53. The number of amides is 1. The number of aromatic nitrogens is 2. The molecule has 3 aromatic rings. The number of carbonyl (C=O) groups excluding carboxylic acids is 1. The number of anilines is 2. The van der Waals surface area contributed by atoms with Crippen LogP contribution in [0.1, 0.15) is 32.7 Å². The van der Waals surface area contributed by atoms with E-state index in [1.165, 1.54) is 11.1 Å². The Hall–Kier alpha value is -3.21. The summed E-state index contributed by atoms with van der Waals surface area (Å²) in [5, 5.41) is 14.2. The third-order valence-corrected chi connectivity index (χ3v) is 4.38. The van der Waals surface area contributed by atoms with Crippen LogP contribution in [-0.2, 0) is 6.54 Å². The number of nitrogens with zero attached hydrogens (tertiary/aromatic N) is 2. The SMILES string of the molecule is Cc1ccc(Nc2ccc(C(=O)NCc3ccccc3C)nn2)cc1C. The molecule has 0 aliphatic carbocycles. The second kappa shape index (κ2) is 7.78. The lowest BCUT2D eigenvalue weighted by Gasteiger charge is -2.09. The van der Waals surface area contributed by atoms with Gasteiger partial charge in [-0.05, 0) is 67.3 Å². The number of hydrogen-bond donors (Lipinski definition) is 2. The molecule has 132 valence electrons. The van der Waals surface area contributed by atoms with Crippen molar-refractivity contribution in [1.29, 1.82) is 0 Å². The number of nitrogens with one attached hydrogen (secondary N) is 2. The summed E-state index contributed by atoms with van der Waals surface area (Å²) in [4.78, 5) is 12.2. The minimum Gasteiger partial charge on any atom is -0.347 e. The maximum absolute atomic E-state index is 12.2. The molecule has 0 radical (unpaired) electrons. The summed E-state index contributed by atoms with van der Waals surface area (Å²) < 4.78 is 0. The number of rotatable bonds is 5. The lowest BCUT2D eigenvalue weighted by molar-refractivity contribution is 0.0945. The van der Waals surface area contributed by atoms with Gasteiger partial charge in [0.2, 0.25) is 0 Å². The molecule has 5 heteroatoms. The van der Waals surface area contributed by atoms with Crippen molar-refractivity contribution in [3.63, 3.8) is 0 Å². The van der Waals surface area contributed by atoms with E-state index in [-0.39, 0.29) is 5.91 Å². The van der Waals surface area contributed by atoms with E-state index in [2.05, 4.69) is 46.8 Å². The average molecular weight is 346 g/mol. The molecule has 0 atom stereocenters. The van der Waals surface area contributed by atoms with E-state index in [4.69, 9.17) is 0 Å². The summed E-state index contributed by atoms with van der Waals surface area (Å²) in [7, 11) is 0. The molecule has 2 aromatic carbocycles. The molecule has 0 aliphatic heterocycles. The minimum atomic E-state index is -0.238. The number of benzene rings is 2. The van der Waals surface area contributed by atoms with Crippen molar-refractivity contribution >= 4 is 17.4 Å². The Morgan fingerprint density at radius 1 is 0.885 bits per heavy atom. The first-order valence-electron chi connectivity index (χ1n) is 8.53. The molecule has 1 aromatic heterocycles. The monoisotopic (exact) mass is 346 g/mol. The quantitative estimate of drug-likeness (QED) is 0.731. The van der Waals surface area contributed by atoms with Gasteiger partial charge in [-0.15, -0.1) is 10.2 Å². The van der Waals surface area contributed by atoms with Crippen molar-refractivity contribution < 1.29 is 4.79 Å². The highest BCUT2D eigenvalue weighted by Crippen LogP contribution is 2.18. The molecule has 0 aliphatic rings. The minimum absolute atomic E-state index is 0.238. The normalized spacial score (nSPS) is 10.4. The molecule has 0 spiro atoms. The van der Waals surface area contributed by atoms with Crippen molar-refractivity contribution in [2.24, 2.45) is 0 Å². The second-order valence-electron chi connectivity index (χ2n) is 6.34. The van der Waals surface area contributed by atoms with Gasteiger partial charge in [-0.3, -0.25) is 4.79 Å². The van der Waals surface area contributed by atoms with Crippen LogP contribution in [0.2, 0.25) is 0 Å². The van der Waals surface area contributed by atoms with Crippen LogP contribution < -0.4 is 10.6 Å². The van der Waals surface area contributed by atoms with Crippen LogP contribution >= 0.6 is 0 Å². The summed E-state index contributed by atoms with van der Waals surface area (Å²) in [6, 6.07) is 17.5. The Bertz CT molecular complexity index is 920. The Morgan fingerprint density at radius 2 is 1.69 bits per heavy atom. The number of aryl methyl sites for hydroxylation is 3. The maximum Gasteiger partial charge on any atom is 0.272 e. The van der Waals surface area contributed by atoms with Gasteiger partial charge in [-0.2, -0.15) is 0 Å². The molecule has 5 nitrogen and oxygen atoms in total. The highest BCUT2D eigenvalue weighted by Gasteiger charge is 2.09. The predicted octanol–water partition coefficient (Wildman–Crippen LogP) is 4.08. The second-order valence-corrected chi connectivity index (χ2v) is 6.34. The van der Waals surface area contributed by atoms with Crippen LogP contribution in [0.25, 0.3) is 0 Å². The molecule has 1 heterocycles. The molecule has 0 bridgehead atoms. The Kier molecular flexibility index (Phi) is 5.27. The van der Waals surface area contributed by atoms with Gasteiger partial charge in [0.05, 0.1) is 0 Å². The van der Waals surface area contributed by atoms with E-state index >= 15 is 0 Å². The Morgan fingerprint density at radius 3 is 2.38 bits per heavy atom. The van der Waals surface area contributed by atoms with E-state index < -0.39 is 0 Å². The lowest BCUT2D eigenvalue weighted by atomic mass is 10.1. The zero-order chi connectivity index (χ0) is 18.5. The first kappa shape index (κ1) is 17.6. The van der Waals surface area contributed by atoms with E-state index in [0.717, 1.165) is 16.8 Å².